The van der Waals surface area contributed by atoms with Crippen LogP contribution in [0.5, 0.6) is 0 Å². The first-order chi connectivity index (χ1) is 15.2. The van der Waals surface area contributed by atoms with Crippen LogP contribution in [0.1, 0.15) is 44.0 Å². The van der Waals surface area contributed by atoms with Gasteiger partial charge in [0.2, 0.25) is 5.91 Å². The SMILES string of the molecule is CCOC(=O)c1c(NC(=O)CSc2nnc(Cc3cccn3C)n2C)sc(C(N)=O)c1C. The normalized spacial score (nSPS) is 10.9. The summed E-state index contributed by atoms with van der Waals surface area (Å²) in [5.74, 6) is -0.821. The standard InChI is InChI=1S/C20H24N6O4S2/c1-5-30-19(29)15-11(2)16(17(21)28)32-18(15)22-14(27)10-31-20-24-23-13(26(20)4)9-12-7-6-8-25(12)3/h6-8H,5,9-10H2,1-4H3,(H2,21,28)(H,22,27). The largest absolute Gasteiger partial charge is 0.462 e. The molecule has 3 rings (SSSR count). The van der Waals surface area contributed by atoms with Crippen LogP contribution >= 0.6 is 23.1 Å². The molecule has 0 aliphatic carbocycles. The van der Waals surface area contributed by atoms with E-state index in [1.807, 2.05) is 41.6 Å². The van der Waals surface area contributed by atoms with Crippen molar-refractivity contribution in [3.63, 3.8) is 0 Å². The molecule has 0 aromatic carbocycles. The van der Waals surface area contributed by atoms with Gasteiger partial charge >= 0.3 is 5.97 Å². The van der Waals surface area contributed by atoms with Crippen molar-refractivity contribution in [2.45, 2.75) is 25.4 Å². The number of thioether (sulfide) groups is 1. The van der Waals surface area contributed by atoms with Crippen molar-refractivity contribution in [1.82, 2.24) is 19.3 Å². The number of esters is 1. The zero-order valence-corrected chi connectivity index (χ0v) is 19.8. The summed E-state index contributed by atoms with van der Waals surface area (Å²) in [5, 5.41) is 11.9. The Balaban J connectivity index is 1.69. The Morgan fingerprint density at radius 2 is 2.03 bits per heavy atom. The summed E-state index contributed by atoms with van der Waals surface area (Å²) in [6.07, 6.45) is 2.58. The van der Waals surface area contributed by atoms with Gasteiger partial charge in [-0.1, -0.05) is 11.8 Å². The summed E-state index contributed by atoms with van der Waals surface area (Å²) in [6, 6.07) is 3.98. The maximum absolute atomic E-state index is 12.6. The molecule has 10 nitrogen and oxygen atoms in total. The van der Waals surface area contributed by atoms with E-state index < -0.39 is 11.9 Å². The molecule has 0 unspecified atom stereocenters. The fourth-order valence-electron chi connectivity index (χ4n) is 3.05. The number of thiophene rings is 1. The minimum Gasteiger partial charge on any atom is -0.462 e. The van der Waals surface area contributed by atoms with Crippen LogP contribution in [0.3, 0.4) is 0 Å². The van der Waals surface area contributed by atoms with E-state index in [0.717, 1.165) is 22.9 Å². The van der Waals surface area contributed by atoms with Crippen molar-refractivity contribution in [2.24, 2.45) is 19.8 Å². The van der Waals surface area contributed by atoms with Gasteiger partial charge in [-0.2, -0.15) is 0 Å². The summed E-state index contributed by atoms with van der Waals surface area (Å²) in [5.41, 5.74) is 7.03. The minimum atomic E-state index is -0.669. The van der Waals surface area contributed by atoms with Crippen LogP contribution in [-0.4, -0.2) is 49.5 Å². The van der Waals surface area contributed by atoms with Crippen molar-refractivity contribution in [3.8, 4) is 0 Å². The Hall–Kier alpha value is -3.12. The second-order valence-corrected chi connectivity index (χ2v) is 8.89. The summed E-state index contributed by atoms with van der Waals surface area (Å²) >= 11 is 2.18. The van der Waals surface area contributed by atoms with Crippen molar-refractivity contribution >= 4 is 45.9 Å². The van der Waals surface area contributed by atoms with Gasteiger partial charge < -0.3 is 24.9 Å². The molecular formula is C20H24N6O4S2. The van der Waals surface area contributed by atoms with Crippen molar-refractivity contribution in [2.75, 3.05) is 17.7 Å². The lowest BCUT2D eigenvalue weighted by molar-refractivity contribution is -0.113. The number of nitrogens with one attached hydrogen (secondary N) is 1. The molecule has 3 aromatic rings. The second kappa shape index (κ2) is 10.0. The van der Waals surface area contributed by atoms with Gasteiger partial charge in [0.15, 0.2) is 5.16 Å². The molecule has 170 valence electrons. The number of carbonyl (C=O) groups excluding carboxylic acids is 3. The number of aromatic nitrogens is 4. The predicted octanol–water partition coefficient (Wildman–Crippen LogP) is 2.12. The first-order valence-corrected chi connectivity index (χ1v) is 11.5. The summed E-state index contributed by atoms with van der Waals surface area (Å²) in [7, 11) is 3.81. The van der Waals surface area contributed by atoms with Crippen molar-refractivity contribution in [3.05, 3.63) is 45.9 Å². The fourth-order valence-corrected chi connectivity index (χ4v) is 4.84. The number of amides is 2. The number of primary amides is 1. The number of carbonyl (C=O) groups is 3. The molecule has 0 atom stereocenters. The molecule has 32 heavy (non-hydrogen) atoms. The summed E-state index contributed by atoms with van der Waals surface area (Å²) < 4.78 is 8.92. The quantitative estimate of drug-likeness (QED) is 0.357. The number of hydrogen-bond acceptors (Lipinski definition) is 8. The van der Waals surface area contributed by atoms with E-state index in [0.29, 0.717) is 17.1 Å². The molecular weight excluding hydrogens is 452 g/mol. The number of nitrogens with zero attached hydrogens (tertiary/aromatic N) is 4. The van der Waals surface area contributed by atoms with E-state index in [1.54, 1.807) is 13.8 Å². The molecule has 0 fully saturated rings. The number of rotatable bonds is 9. The summed E-state index contributed by atoms with van der Waals surface area (Å²) in [6.45, 7) is 3.44. The number of ether oxygens (including phenoxy) is 1. The van der Waals surface area contributed by atoms with Crippen LogP contribution in [-0.2, 0) is 30.0 Å². The summed E-state index contributed by atoms with van der Waals surface area (Å²) in [4.78, 5) is 36.8. The molecule has 0 aliphatic heterocycles. The van der Waals surface area contributed by atoms with Gasteiger partial charge in [-0.3, -0.25) is 9.59 Å². The number of nitrogens with two attached hydrogens (primary N) is 1. The first-order valence-electron chi connectivity index (χ1n) is 9.74. The third kappa shape index (κ3) is 5.02. The molecule has 0 aliphatic rings. The monoisotopic (exact) mass is 476 g/mol. The predicted molar refractivity (Wildman–Crippen MR) is 122 cm³/mol. The van der Waals surface area contributed by atoms with Gasteiger partial charge in [-0.15, -0.1) is 21.5 Å². The highest BCUT2D eigenvalue weighted by Crippen LogP contribution is 2.33. The molecule has 2 amide bonds. The molecule has 12 heteroatoms. The molecule has 0 radical (unpaired) electrons. The van der Waals surface area contributed by atoms with Crippen LogP contribution in [0.4, 0.5) is 5.00 Å². The first kappa shape index (κ1) is 23.5. The van der Waals surface area contributed by atoms with Crippen LogP contribution < -0.4 is 11.1 Å². The molecule has 0 saturated carbocycles. The van der Waals surface area contributed by atoms with Crippen LogP contribution in [0.2, 0.25) is 0 Å². The fraction of sp³-hybridized carbons (Fsp3) is 0.350. The lowest BCUT2D eigenvalue weighted by atomic mass is 10.1. The number of aryl methyl sites for hydroxylation is 1. The Kier molecular flexibility index (Phi) is 7.36. The van der Waals surface area contributed by atoms with E-state index in [-0.39, 0.29) is 33.7 Å². The topological polar surface area (TPSA) is 134 Å². The Morgan fingerprint density at radius 3 is 2.66 bits per heavy atom. The molecule has 0 spiro atoms. The van der Waals surface area contributed by atoms with E-state index >= 15 is 0 Å². The van der Waals surface area contributed by atoms with Crippen molar-refractivity contribution < 1.29 is 19.1 Å². The third-order valence-corrected chi connectivity index (χ3v) is 6.99. The maximum atomic E-state index is 12.6. The average molecular weight is 477 g/mol. The van der Waals surface area contributed by atoms with Crippen molar-refractivity contribution in [1.29, 1.82) is 0 Å². The zero-order chi connectivity index (χ0) is 23.4. The lowest BCUT2D eigenvalue weighted by Crippen LogP contribution is -2.17. The Labute approximate surface area is 193 Å². The lowest BCUT2D eigenvalue weighted by Gasteiger charge is -2.07. The minimum absolute atomic E-state index is 0.0429. The molecule has 3 heterocycles. The van der Waals surface area contributed by atoms with Crippen LogP contribution in [0.15, 0.2) is 23.5 Å². The zero-order valence-electron chi connectivity index (χ0n) is 18.2. The van der Waals surface area contributed by atoms with Crippen LogP contribution in [0, 0.1) is 6.92 Å². The highest BCUT2D eigenvalue weighted by molar-refractivity contribution is 7.99. The van der Waals surface area contributed by atoms with Gasteiger partial charge in [0.25, 0.3) is 5.91 Å². The number of anilines is 1. The second-order valence-electron chi connectivity index (χ2n) is 6.93. The van der Waals surface area contributed by atoms with E-state index in [1.165, 1.54) is 11.8 Å². The van der Waals surface area contributed by atoms with E-state index in [4.69, 9.17) is 10.5 Å². The van der Waals surface area contributed by atoms with Gasteiger partial charge in [0.05, 0.1) is 22.8 Å². The smallest absolute Gasteiger partial charge is 0.341 e. The highest BCUT2D eigenvalue weighted by atomic mass is 32.2. The van der Waals surface area contributed by atoms with E-state index in [9.17, 15) is 14.4 Å². The number of hydrogen-bond donors (Lipinski definition) is 2. The average Bonchev–Trinajstić information content (AvgIpc) is 3.39. The van der Waals surface area contributed by atoms with Gasteiger partial charge in [-0.25, -0.2) is 4.79 Å². The maximum Gasteiger partial charge on any atom is 0.341 e. The van der Waals surface area contributed by atoms with Crippen LogP contribution in [0.25, 0.3) is 0 Å². The molecule has 3 aromatic heterocycles. The molecule has 0 bridgehead atoms. The Morgan fingerprint density at radius 1 is 1.28 bits per heavy atom. The van der Waals surface area contributed by atoms with Gasteiger partial charge in [0.1, 0.15) is 10.8 Å². The molecule has 0 saturated heterocycles. The highest BCUT2D eigenvalue weighted by Gasteiger charge is 2.26. The Bertz CT molecular complexity index is 1160. The third-order valence-electron chi connectivity index (χ3n) is 4.75. The van der Waals surface area contributed by atoms with Gasteiger partial charge in [0, 0.05) is 32.4 Å². The molecule has 3 N–H and O–H groups in total. The van der Waals surface area contributed by atoms with Gasteiger partial charge in [-0.05, 0) is 31.5 Å². The van der Waals surface area contributed by atoms with E-state index in [2.05, 4.69) is 15.5 Å².